The van der Waals surface area contributed by atoms with Crippen molar-refractivity contribution in [1.82, 2.24) is 4.98 Å². The monoisotopic (exact) mass is 264 g/mol. The molecule has 0 fully saturated rings. The number of hydrogen-bond acceptors (Lipinski definition) is 3. The number of halogens is 2. The summed E-state index contributed by atoms with van der Waals surface area (Å²) in [6.45, 7) is 1.93. The first-order chi connectivity index (χ1) is 9.17. The topological polar surface area (TPSA) is 36.4 Å². The van der Waals surface area contributed by atoms with Crippen LogP contribution in [-0.2, 0) is 6.61 Å². The van der Waals surface area contributed by atoms with Crippen molar-refractivity contribution in [1.29, 1.82) is 0 Å². The molecule has 3 nitrogen and oxygen atoms in total. The number of hydrogen-bond donors (Lipinski definition) is 1. The van der Waals surface area contributed by atoms with Crippen LogP contribution < -0.4 is 4.90 Å². The van der Waals surface area contributed by atoms with Gasteiger partial charge in [-0.1, -0.05) is 0 Å². The van der Waals surface area contributed by atoms with Crippen LogP contribution in [0, 0.1) is 11.6 Å². The Morgan fingerprint density at radius 2 is 1.84 bits per heavy atom. The second kappa shape index (κ2) is 5.75. The average molecular weight is 264 g/mol. The lowest BCUT2D eigenvalue weighted by atomic mass is 10.2. The van der Waals surface area contributed by atoms with Gasteiger partial charge in [0.05, 0.1) is 6.61 Å². The number of aliphatic hydroxyl groups is 1. The van der Waals surface area contributed by atoms with Gasteiger partial charge in [0.2, 0.25) is 0 Å². The minimum absolute atomic E-state index is 0.126. The van der Waals surface area contributed by atoms with Crippen LogP contribution in [0.15, 0.2) is 36.5 Å². The Morgan fingerprint density at radius 3 is 2.42 bits per heavy atom. The van der Waals surface area contributed by atoms with E-state index in [0.29, 0.717) is 12.2 Å². The first-order valence-corrected chi connectivity index (χ1v) is 5.94. The van der Waals surface area contributed by atoms with Crippen molar-refractivity contribution in [2.45, 2.75) is 13.5 Å². The maximum Gasteiger partial charge on any atom is 0.171 e. The highest BCUT2D eigenvalue weighted by atomic mass is 19.1. The first-order valence-electron chi connectivity index (χ1n) is 5.94. The van der Waals surface area contributed by atoms with Gasteiger partial charge in [-0.25, -0.2) is 13.8 Å². The lowest BCUT2D eigenvalue weighted by molar-refractivity contribution is 0.275. The summed E-state index contributed by atoms with van der Waals surface area (Å²) in [6.07, 6.45) is 1.44. The molecule has 0 unspecified atom stereocenters. The summed E-state index contributed by atoms with van der Waals surface area (Å²) < 4.78 is 27.0. The van der Waals surface area contributed by atoms with Crippen molar-refractivity contribution in [2.75, 3.05) is 11.4 Å². The smallest absolute Gasteiger partial charge is 0.171 e. The predicted molar refractivity (Wildman–Crippen MR) is 69.2 cm³/mol. The molecule has 2 rings (SSSR count). The summed E-state index contributed by atoms with van der Waals surface area (Å²) in [5.74, 6) is -0.783. The Balaban J connectivity index is 2.45. The van der Waals surface area contributed by atoms with Crippen molar-refractivity contribution < 1.29 is 13.9 Å². The van der Waals surface area contributed by atoms with Gasteiger partial charge >= 0.3 is 0 Å². The molecule has 19 heavy (non-hydrogen) atoms. The van der Waals surface area contributed by atoms with Crippen LogP contribution in [0.25, 0.3) is 0 Å². The molecule has 0 amide bonds. The van der Waals surface area contributed by atoms with Gasteiger partial charge in [-0.05, 0) is 37.3 Å². The Bertz CT molecular complexity index is 558. The fourth-order valence-corrected chi connectivity index (χ4v) is 1.86. The van der Waals surface area contributed by atoms with Gasteiger partial charge in [-0.2, -0.15) is 0 Å². The summed E-state index contributed by atoms with van der Waals surface area (Å²) in [6, 6.07) is 7.17. The molecule has 0 saturated heterocycles. The number of pyridine rings is 1. The fraction of sp³-hybridized carbons (Fsp3) is 0.214. The summed E-state index contributed by atoms with van der Waals surface area (Å²) in [5.41, 5.74) is 0.830. The summed E-state index contributed by atoms with van der Waals surface area (Å²) >= 11 is 0. The van der Waals surface area contributed by atoms with E-state index >= 15 is 0 Å². The maximum absolute atomic E-state index is 14.1. The van der Waals surface area contributed by atoms with E-state index in [4.69, 9.17) is 5.11 Å². The van der Waals surface area contributed by atoms with Gasteiger partial charge in [0, 0.05) is 24.0 Å². The number of nitrogens with zero attached hydrogens (tertiary/aromatic N) is 2. The number of anilines is 2. The zero-order chi connectivity index (χ0) is 13.8. The lowest BCUT2D eigenvalue weighted by Gasteiger charge is -2.23. The third-order valence-electron chi connectivity index (χ3n) is 2.83. The van der Waals surface area contributed by atoms with E-state index in [0.717, 1.165) is 0 Å². The quantitative estimate of drug-likeness (QED) is 0.922. The maximum atomic E-state index is 14.1. The van der Waals surface area contributed by atoms with Crippen LogP contribution in [0.3, 0.4) is 0 Å². The van der Waals surface area contributed by atoms with Gasteiger partial charge in [-0.15, -0.1) is 0 Å². The Hall–Kier alpha value is -2.01. The highest BCUT2D eigenvalue weighted by Crippen LogP contribution is 2.27. The van der Waals surface area contributed by atoms with E-state index in [9.17, 15) is 8.78 Å². The molecule has 0 atom stereocenters. The van der Waals surface area contributed by atoms with Gasteiger partial charge in [0.1, 0.15) is 5.82 Å². The lowest BCUT2D eigenvalue weighted by Crippen LogP contribution is -2.19. The molecule has 1 N–H and O–H groups in total. The van der Waals surface area contributed by atoms with E-state index in [1.165, 1.54) is 24.4 Å². The van der Waals surface area contributed by atoms with Crippen LogP contribution in [0.5, 0.6) is 0 Å². The number of aliphatic hydroxyl groups excluding tert-OH is 1. The molecule has 0 aliphatic rings. The molecule has 5 heteroatoms. The van der Waals surface area contributed by atoms with E-state index < -0.39 is 5.82 Å². The largest absolute Gasteiger partial charge is 0.392 e. The zero-order valence-corrected chi connectivity index (χ0v) is 10.5. The fourth-order valence-electron chi connectivity index (χ4n) is 1.86. The predicted octanol–water partition coefficient (Wildman–Crippen LogP) is 3.01. The third kappa shape index (κ3) is 2.71. The minimum Gasteiger partial charge on any atom is -0.392 e. The summed E-state index contributed by atoms with van der Waals surface area (Å²) in [7, 11) is 0. The van der Waals surface area contributed by atoms with Crippen LogP contribution in [-0.4, -0.2) is 16.6 Å². The number of rotatable bonds is 4. The second-order valence-corrected chi connectivity index (χ2v) is 3.99. The molecule has 0 aliphatic heterocycles. The molecule has 1 heterocycles. The number of benzene rings is 1. The van der Waals surface area contributed by atoms with Crippen LogP contribution in [0.1, 0.15) is 12.5 Å². The van der Waals surface area contributed by atoms with Crippen LogP contribution in [0.2, 0.25) is 0 Å². The number of aromatic nitrogens is 1. The molecular weight excluding hydrogens is 250 g/mol. The average Bonchev–Trinajstić information content (AvgIpc) is 2.43. The minimum atomic E-state index is -0.559. The van der Waals surface area contributed by atoms with E-state index in [1.54, 1.807) is 17.0 Å². The molecule has 0 spiro atoms. The Morgan fingerprint density at radius 1 is 1.16 bits per heavy atom. The zero-order valence-electron chi connectivity index (χ0n) is 10.5. The van der Waals surface area contributed by atoms with Crippen molar-refractivity contribution in [3.05, 3.63) is 53.7 Å². The van der Waals surface area contributed by atoms with Gasteiger partial charge in [0.15, 0.2) is 11.6 Å². The first kappa shape index (κ1) is 13.4. The molecule has 0 saturated carbocycles. The Labute approximate surface area is 110 Å². The normalized spacial score (nSPS) is 10.5. The van der Waals surface area contributed by atoms with Gasteiger partial charge in [0.25, 0.3) is 0 Å². The van der Waals surface area contributed by atoms with Crippen molar-refractivity contribution in [3.8, 4) is 0 Å². The van der Waals surface area contributed by atoms with E-state index in [2.05, 4.69) is 4.98 Å². The van der Waals surface area contributed by atoms with Crippen molar-refractivity contribution >= 4 is 11.5 Å². The molecule has 0 aliphatic carbocycles. The van der Waals surface area contributed by atoms with Gasteiger partial charge < -0.3 is 10.0 Å². The van der Waals surface area contributed by atoms with Crippen molar-refractivity contribution in [3.63, 3.8) is 0 Å². The van der Waals surface area contributed by atoms with E-state index in [-0.39, 0.29) is 23.8 Å². The molecule has 1 aromatic heterocycles. The van der Waals surface area contributed by atoms with Crippen LogP contribution in [0.4, 0.5) is 20.3 Å². The molecule has 0 bridgehead atoms. The summed E-state index contributed by atoms with van der Waals surface area (Å²) in [4.78, 5) is 5.62. The van der Waals surface area contributed by atoms with Crippen molar-refractivity contribution in [2.24, 2.45) is 0 Å². The van der Waals surface area contributed by atoms with E-state index in [1.807, 2.05) is 6.92 Å². The van der Waals surface area contributed by atoms with Gasteiger partial charge in [-0.3, -0.25) is 0 Å². The standard InChI is InChI=1S/C14H14F2N2O/c1-2-18(12-5-3-11(15)4-6-12)14-13(16)10(9-19)7-8-17-14/h3-8,19H,2,9H2,1H3. The molecule has 2 aromatic rings. The van der Waals surface area contributed by atoms with Crippen LogP contribution >= 0.6 is 0 Å². The third-order valence-corrected chi connectivity index (χ3v) is 2.83. The Kier molecular flexibility index (Phi) is 4.06. The molecule has 100 valence electrons. The second-order valence-electron chi connectivity index (χ2n) is 3.99. The summed E-state index contributed by atoms with van der Waals surface area (Å²) in [5, 5.41) is 9.07. The molecular formula is C14H14F2N2O. The highest BCUT2D eigenvalue weighted by Gasteiger charge is 2.16. The molecule has 0 radical (unpaired) electrons. The highest BCUT2D eigenvalue weighted by molar-refractivity contribution is 5.60. The molecule has 1 aromatic carbocycles. The SMILES string of the molecule is CCN(c1ccc(F)cc1)c1nccc(CO)c1F.